The Morgan fingerprint density at radius 3 is 2.76 bits per heavy atom. The lowest BCUT2D eigenvalue weighted by Gasteiger charge is -2.17. The Morgan fingerprint density at radius 2 is 2.12 bits per heavy atom. The summed E-state index contributed by atoms with van der Waals surface area (Å²) in [5.74, 6) is -0.471. The highest BCUT2D eigenvalue weighted by molar-refractivity contribution is 5.98. The number of halogens is 1. The summed E-state index contributed by atoms with van der Waals surface area (Å²) in [7, 11) is 0. The molecule has 0 amide bonds. The van der Waals surface area contributed by atoms with Crippen molar-refractivity contribution >= 4 is 5.78 Å². The van der Waals surface area contributed by atoms with Gasteiger partial charge in [0.1, 0.15) is 5.82 Å². The maximum atomic E-state index is 12.8. The van der Waals surface area contributed by atoms with Crippen LogP contribution in [0.15, 0.2) is 24.3 Å². The van der Waals surface area contributed by atoms with Crippen LogP contribution in [0.2, 0.25) is 0 Å². The van der Waals surface area contributed by atoms with E-state index in [9.17, 15) is 9.18 Å². The van der Waals surface area contributed by atoms with E-state index in [0.29, 0.717) is 18.8 Å². The Labute approximate surface area is 100.0 Å². The molecule has 17 heavy (non-hydrogen) atoms. The van der Waals surface area contributed by atoms with Crippen molar-refractivity contribution in [1.82, 2.24) is 5.32 Å². The summed E-state index contributed by atoms with van der Waals surface area (Å²) in [5.41, 5.74) is 0.546. The van der Waals surface area contributed by atoms with E-state index >= 15 is 0 Å². The smallest absolute Gasteiger partial charge is 0.169 e. The van der Waals surface area contributed by atoms with Gasteiger partial charge in [0.15, 0.2) is 5.78 Å². The van der Waals surface area contributed by atoms with Crippen LogP contribution in [0.3, 0.4) is 0 Å². The highest BCUT2D eigenvalue weighted by Gasteiger charge is 2.33. The summed E-state index contributed by atoms with van der Waals surface area (Å²) in [4.78, 5) is 12.2. The van der Waals surface area contributed by atoms with E-state index < -0.39 is 0 Å². The van der Waals surface area contributed by atoms with Crippen LogP contribution in [0, 0.1) is 11.7 Å². The van der Waals surface area contributed by atoms with Gasteiger partial charge in [0.2, 0.25) is 0 Å². The molecular formula is C13H16FNO2. The molecule has 0 aliphatic carbocycles. The van der Waals surface area contributed by atoms with E-state index in [4.69, 9.17) is 4.74 Å². The van der Waals surface area contributed by atoms with Crippen LogP contribution in [0.4, 0.5) is 4.39 Å². The number of hydrogen-bond donors (Lipinski definition) is 1. The van der Waals surface area contributed by atoms with E-state index in [2.05, 4.69) is 5.32 Å². The van der Waals surface area contributed by atoms with Crippen LogP contribution in [0.25, 0.3) is 0 Å². The van der Waals surface area contributed by atoms with Crippen molar-refractivity contribution in [2.75, 3.05) is 19.8 Å². The first-order valence-electron chi connectivity index (χ1n) is 5.83. The van der Waals surface area contributed by atoms with Crippen molar-refractivity contribution in [3.05, 3.63) is 35.6 Å². The van der Waals surface area contributed by atoms with Crippen molar-refractivity contribution < 1.29 is 13.9 Å². The van der Waals surface area contributed by atoms with Gasteiger partial charge in [0, 0.05) is 11.6 Å². The highest BCUT2D eigenvalue weighted by Crippen LogP contribution is 2.19. The van der Waals surface area contributed by atoms with Crippen LogP contribution in [0.5, 0.6) is 0 Å². The fraction of sp³-hybridized carbons (Fsp3) is 0.462. The van der Waals surface area contributed by atoms with Crippen LogP contribution >= 0.6 is 0 Å². The van der Waals surface area contributed by atoms with Crippen LogP contribution in [-0.2, 0) is 4.74 Å². The van der Waals surface area contributed by atoms with Gasteiger partial charge in [0.05, 0.1) is 19.1 Å². The molecule has 2 unspecified atom stereocenters. The molecule has 1 aromatic rings. The lowest BCUT2D eigenvalue weighted by Crippen LogP contribution is -2.39. The number of benzene rings is 1. The number of rotatable bonds is 4. The van der Waals surface area contributed by atoms with Gasteiger partial charge in [-0.3, -0.25) is 4.79 Å². The summed E-state index contributed by atoms with van der Waals surface area (Å²) in [5, 5.41) is 3.24. The number of nitrogens with one attached hydrogen (secondary N) is 1. The van der Waals surface area contributed by atoms with Crippen LogP contribution in [-0.4, -0.2) is 31.6 Å². The molecule has 0 radical (unpaired) electrons. The molecule has 4 heteroatoms. The van der Waals surface area contributed by atoms with Crippen molar-refractivity contribution in [3.63, 3.8) is 0 Å². The Kier molecular flexibility index (Phi) is 3.86. The molecule has 1 aromatic carbocycles. The molecule has 0 bridgehead atoms. The first-order chi connectivity index (χ1) is 8.22. The molecule has 1 heterocycles. The van der Waals surface area contributed by atoms with Crippen molar-refractivity contribution in [3.8, 4) is 0 Å². The minimum Gasteiger partial charge on any atom is -0.379 e. The zero-order valence-electron chi connectivity index (χ0n) is 9.78. The van der Waals surface area contributed by atoms with Gasteiger partial charge < -0.3 is 10.1 Å². The summed E-state index contributed by atoms with van der Waals surface area (Å²) in [6.45, 7) is 3.80. The third-order valence-corrected chi connectivity index (χ3v) is 3.01. The second-order valence-corrected chi connectivity index (χ2v) is 4.18. The lowest BCUT2D eigenvalue weighted by atomic mass is 9.93. The molecule has 1 fully saturated rings. The summed E-state index contributed by atoms with van der Waals surface area (Å²) in [6.07, 6.45) is 0. The fourth-order valence-electron chi connectivity index (χ4n) is 2.10. The normalized spacial score (nSPS) is 23.9. The van der Waals surface area contributed by atoms with E-state index in [1.165, 1.54) is 24.3 Å². The number of carbonyl (C=O) groups is 1. The molecule has 2 rings (SSSR count). The van der Waals surface area contributed by atoms with Crippen LogP contribution in [0.1, 0.15) is 17.3 Å². The third-order valence-electron chi connectivity index (χ3n) is 3.01. The maximum Gasteiger partial charge on any atom is 0.169 e. The zero-order valence-corrected chi connectivity index (χ0v) is 9.78. The average Bonchev–Trinajstić information content (AvgIpc) is 2.78. The van der Waals surface area contributed by atoms with E-state index in [-0.39, 0.29) is 23.6 Å². The largest absolute Gasteiger partial charge is 0.379 e. The predicted octanol–water partition coefficient (Wildman–Crippen LogP) is 1.63. The van der Waals surface area contributed by atoms with Crippen LogP contribution < -0.4 is 5.32 Å². The van der Waals surface area contributed by atoms with Gasteiger partial charge in [-0.15, -0.1) is 0 Å². The summed E-state index contributed by atoms with van der Waals surface area (Å²) >= 11 is 0. The Morgan fingerprint density at radius 1 is 1.41 bits per heavy atom. The lowest BCUT2D eigenvalue weighted by molar-refractivity contribution is 0.0891. The molecule has 1 N–H and O–H groups in total. The molecular weight excluding hydrogens is 221 g/mol. The Balaban J connectivity index is 2.11. The SMILES string of the molecule is CCNC1COCC1C(=O)c1ccc(F)cc1. The highest BCUT2D eigenvalue weighted by atomic mass is 19.1. The minimum absolute atomic E-state index is 0.0217. The molecule has 0 saturated carbocycles. The van der Waals surface area contributed by atoms with E-state index in [0.717, 1.165) is 6.54 Å². The number of hydrogen-bond acceptors (Lipinski definition) is 3. The van der Waals surface area contributed by atoms with Gasteiger partial charge in [-0.25, -0.2) is 4.39 Å². The second-order valence-electron chi connectivity index (χ2n) is 4.18. The van der Waals surface area contributed by atoms with Gasteiger partial charge in [-0.2, -0.15) is 0 Å². The summed E-state index contributed by atoms with van der Waals surface area (Å²) in [6, 6.07) is 5.74. The first kappa shape index (κ1) is 12.2. The third kappa shape index (κ3) is 2.70. The fourth-order valence-corrected chi connectivity index (χ4v) is 2.10. The number of Topliss-reactive ketones (excluding diaryl/α,β-unsaturated/α-hetero) is 1. The molecule has 92 valence electrons. The van der Waals surface area contributed by atoms with E-state index in [1.54, 1.807) is 0 Å². The Hall–Kier alpha value is -1.26. The zero-order chi connectivity index (χ0) is 12.3. The number of ketones is 1. The number of ether oxygens (including phenoxy) is 1. The molecule has 2 atom stereocenters. The minimum atomic E-state index is -0.326. The molecule has 3 nitrogen and oxygen atoms in total. The van der Waals surface area contributed by atoms with Gasteiger partial charge >= 0.3 is 0 Å². The van der Waals surface area contributed by atoms with Gasteiger partial charge in [0.25, 0.3) is 0 Å². The molecule has 0 aromatic heterocycles. The Bertz CT molecular complexity index is 391. The standard InChI is InChI=1S/C13H16FNO2/c1-2-15-12-8-17-7-11(12)13(16)9-3-5-10(14)6-4-9/h3-6,11-12,15H,2,7-8H2,1H3. The van der Waals surface area contributed by atoms with Crippen molar-refractivity contribution in [1.29, 1.82) is 0 Å². The number of carbonyl (C=O) groups excluding carboxylic acids is 1. The van der Waals surface area contributed by atoms with Crippen molar-refractivity contribution in [2.24, 2.45) is 5.92 Å². The molecule has 1 aliphatic rings. The molecule has 1 saturated heterocycles. The van der Waals surface area contributed by atoms with Crippen molar-refractivity contribution in [2.45, 2.75) is 13.0 Å². The number of likely N-dealkylation sites (N-methyl/N-ethyl adjacent to an activating group) is 1. The first-order valence-corrected chi connectivity index (χ1v) is 5.83. The molecule has 1 aliphatic heterocycles. The van der Waals surface area contributed by atoms with Gasteiger partial charge in [-0.05, 0) is 30.8 Å². The maximum absolute atomic E-state index is 12.8. The monoisotopic (exact) mass is 237 g/mol. The predicted molar refractivity (Wildman–Crippen MR) is 62.5 cm³/mol. The van der Waals surface area contributed by atoms with Gasteiger partial charge in [-0.1, -0.05) is 6.92 Å². The topological polar surface area (TPSA) is 38.3 Å². The van der Waals surface area contributed by atoms with E-state index in [1.807, 2.05) is 6.92 Å². The summed E-state index contributed by atoms with van der Waals surface area (Å²) < 4.78 is 18.1. The quantitative estimate of drug-likeness (QED) is 0.809. The molecule has 0 spiro atoms. The average molecular weight is 237 g/mol. The second kappa shape index (κ2) is 5.38.